The van der Waals surface area contributed by atoms with E-state index in [1.807, 2.05) is 11.8 Å². The SMILES string of the molecule is CC1CC(CN)CCN1c1ccc(S(=O)(=O)NC[C@H](O)CN)c(S(N)(=O)=O)c1C1=NCN=N1. The van der Waals surface area contributed by atoms with Gasteiger partial charge in [0, 0.05) is 31.4 Å². The zero-order chi connectivity index (χ0) is 24.4. The number of nitrogens with zero attached hydrogens (tertiary/aromatic N) is 4. The standard InChI is InChI=1S/C18H30N8O5S2/c1-11-6-12(7-19)4-5-26(11)14-2-3-15(33(30,31)24-9-13(27)8-20)17(32(21,28)29)16(14)18-22-10-23-25-18/h2-3,11-13,24,27H,4-10,19-20H2,1H3,(H2,21,28,29)/t11?,12?,13-/m1/s1. The van der Waals surface area contributed by atoms with Gasteiger partial charge >= 0.3 is 0 Å². The molecule has 8 N–H and O–H groups in total. The Labute approximate surface area is 193 Å². The molecule has 0 spiro atoms. The summed E-state index contributed by atoms with van der Waals surface area (Å²) in [6, 6.07) is 2.70. The molecule has 184 valence electrons. The van der Waals surface area contributed by atoms with Gasteiger partial charge in [0.1, 0.15) is 9.79 Å². The van der Waals surface area contributed by atoms with Crippen molar-refractivity contribution in [2.45, 2.75) is 41.7 Å². The van der Waals surface area contributed by atoms with E-state index in [-0.39, 0.29) is 30.7 Å². The summed E-state index contributed by atoms with van der Waals surface area (Å²) in [6.45, 7) is 2.53. The Morgan fingerprint density at radius 1 is 1.27 bits per heavy atom. The van der Waals surface area contributed by atoms with Gasteiger partial charge in [0.05, 0.1) is 11.7 Å². The Hall–Kier alpha value is -2.01. The largest absolute Gasteiger partial charge is 0.390 e. The first-order valence-corrected chi connectivity index (χ1v) is 13.5. The zero-order valence-electron chi connectivity index (χ0n) is 18.3. The molecule has 15 heteroatoms. The zero-order valence-corrected chi connectivity index (χ0v) is 19.9. The highest BCUT2D eigenvalue weighted by Gasteiger charge is 2.35. The average Bonchev–Trinajstić information content (AvgIpc) is 3.30. The van der Waals surface area contributed by atoms with Crippen LogP contribution < -0.4 is 26.2 Å². The van der Waals surface area contributed by atoms with Crippen LogP contribution in [0.5, 0.6) is 0 Å². The number of aliphatic hydroxyl groups excluding tert-OH is 1. The second-order valence-electron chi connectivity index (χ2n) is 8.11. The first kappa shape index (κ1) is 25.6. The summed E-state index contributed by atoms with van der Waals surface area (Å²) in [4.78, 5) is 4.94. The van der Waals surface area contributed by atoms with Gasteiger partial charge in [-0.1, -0.05) is 0 Å². The van der Waals surface area contributed by atoms with Crippen molar-refractivity contribution in [1.29, 1.82) is 0 Å². The van der Waals surface area contributed by atoms with Gasteiger partial charge in [-0.05, 0) is 44.4 Å². The summed E-state index contributed by atoms with van der Waals surface area (Å²) in [5.41, 5.74) is 11.6. The molecule has 1 fully saturated rings. The maximum atomic E-state index is 13.0. The molecule has 0 aliphatic carbocycles. The molecule has 1 aromatic carbocycles. The number of rotatable bonds is 9. The number of azo groups is 1. The second kappa shape index (κ2) is 10.1. The molecule has 1 aromatic rings. The van der Waals surface area contributed by atoms with Crippen molar-refractivity contribution in [3.63, 3.8) is 0 Å². The van der Waals surface area contributed by atoms with Gasteiger partial charge in [-0.2, -0.15) is 5.11 Å². The van der Waals surface area contributed by atoms with Gasteiger partial charge in [-0.3, -0.25) is 0 Å². The molecule has 0 amide bonds. The number of piperidine rings is 1. The van der Waals surface area contributed by atoms with E-state index in [1.54, 1.807) is 0 Å². The highest BCUT2D eigenvalue weighted by atomic mass is 32.2. The number of sulfonamides is 2. The molecule has 0 bridgehead atoms. The van der Waals surface area contributed by atoms with Crippen LogP contribution in [0.3, 0.4) is 0 Å². The number of hydrogen-bond acceptors (Lipinski definition) is 11. The summed E-state index contributed by atoms with van der Waals surface area (Å²) in [5.74, 6) is 0.319. The molecule has 0 saturated carbocycles. The number of aliphatic imine (C=N–C) groups is 1. The molecule has 0 aromatic heterocycles. The van der Waals surface area contributed by atoms with Crippen LogP contribution in [-0.4, -0.2) is 72.8 Å². The molecule has 3 atom stereocenters. The molecular formula is C18H30N8O5S2. The third-order valence-electron chi connectivity index (χ3n) is 5.75. The molecule has 33 heavy (non-hydrogen) atoms. The summed E-state index contributed by atoms with van der Waals surface area (Å²) >= 11 is 0. The Morgan fingerprint density at radius 3 is 2.55 bits per heavy atom. The number of aliphatic hydroxyl groups is 1. The normalized spacial score (nSPS) is 22.5. The Bertz CT molecular complexity index is 1150. The van der Waals surface area contributed by atoms with E-state index < -0.39 is 42.5 Å². The lowest BCUT2D eigenvalue weighted by Gasteiger charge is -2.40. The topological polar surface area (TPSA) is 219 Å². The molecule has 2 heterocycles. The highest BCUT2D eigenvalue weighted by molar-refractivity contribution is 7.92. The van der Waals surface area contributed by atoms with Crippen LogP contribution in [0, 0.1) is 5.92 Å². The van der Waals surface area contributed by atoms with Gasteiger partial charge < -0.3 is 21.5 Å². The lowest BCUT2D eigenvalue weighted by atomic mass is 9.91. The van der Waals surface area contributed by atoms with Crippen molar-refractivity contribution in [2.24, 2.45) is 37.7 Å². The van der Waals surface area contributed by atoms with Crippen LogP contribution in [-0.2, 0) is 20.0 Å². The van der Waals surface area contributed by atoms with E-state index in [2.05, 4.69) is 19.9 Å². The molecule has 3 rings (SSSR count). The average molecular weight is 503 g/mol. The molecule has 13 nitrogen and oxygen atoms in total. The number of nitrogens with two attached hydrogens (primary N) is 3. The number of anilines is 1. The highest BCUT2D eigenvalue weighted by Crippen LogP contribution is 2.37. The van der Waals surface area contributed by atoms with Crippen molar-refractivity contribution in [3.8, 4) is 0 Å². The lowest BCUT2D eigenvalue weighted by molar-refractivity contribution is 0.186. The van der Waals surface area contributed by atoms with E-state index in [1.165, 1.54) is 12.1 Å². The van der Waals surface area contributed by atoms with Crippen LogP contribution in [0.25, 0.3) is 0 Å². The maximum Gasteiger partial charge on any atom is 0.242 e. The Balaban J connectivity index is 2.21. The fourth-order valence-corrected chi connectivity index (χ4v) is 6.74. The molecule has 2 aliphatic heterocycles. The molecule has 0 radical (unpaired) electrons. The predicted octanol–water partition coefficient (Wildman–Crippen LogP) is -1.33. The van der Waals surface area contributed by atoms with Gasteiger partial charge in [0.2, 0.25) is 20.0 Å². The van der Waals surface area contributed by atoms with Crippen molar-refractivity contribution >= 4 is 31.6 Å². The summed E-state index contributed by atoms with van der Waals surface area (Å²) in [7, 11) is -8.95. The number of amidine groups is 1. The minimum absolute atomic E-state index is 0.00129. The van der Waals surface area contributed by atoms with Crippen molar-refractivity contribution < 1.29 is 21.9 Å². The quantitative estimate of drug-likeness (QED) is 0.271. The smallest absolute Gasteiger partial charge is 0.242 e. The van der Waals surface area contributed by atoms with E-state index in [9.17, 15) is 21.9 Å². The fraction of sp³-hybridized carbons (Fsp3) is 0.611. The predicted molar refractivity (Wildman–Crippen MR) is 123 cm³/mol. The molecule has 2 unspecified atom stereocenters. The summed E-state index contributed by atoms with van der Waals surface area (Å²) < 4.78 is 53.7. The summed E-state index contributed by atoms with van der Waals surface area (Å²) in [5, 5.41) is 22.9. The molecule has 2 aliphatic rings. The van der Waals surface area contributed by atoms with Gasteiger partial charge in [0.15, 0.2) is 12.5 Å². The maximum absolute atomic E-state index is 13.0. The monoisotopic (exact) mass is 502 g/mol. The van der Waals surface area contributed by atoms with Gasteiger partial charge in [-0.25, -0.2) is 31.7 Å². The first-order chi connectivity index (χ1) is 15.5. The van der Waals surface area contributed by atoms with Crippen molar-refractivity contribution in [1.82, 2.24) is 4.72 Å². The van der Waals surface area contributed by atoms with Gasteiger partial charge in [0.25, 0.3) is 0 Å². The van der Waals surface area contributed by atoms with Crippen molar-refractivity contribution in [2.75, 3.05) is 37.7 Å². The minimum atomic E-state index is -4.56. The third-order valence-corrected chi connectivity index (χ3v) is 8.34. The lowest BCUT2D eigenvalue weighted by Crippen LogP contribution is -2.43. The number of primary sulfonamides is 1. The third kappa shape index (κ3) is 5.56. The first-order valence-electron chi connectivity index (χ1n) is 10.5. The fourth-order valence-electron chi connectivity index (χ4n) is 4.07. The number of nitrogens with one attached hydrogen (secondary N) is 1. The van der Waals surface area contributed by atoms with Crippen LogP contribution in [0.4, 0.5) is 5.69 Å². The molecule has 1 saturated heterocycles. The number of benzene rings is 1. The minimum Gasteiger partial charge on any atom is -0.390 e. The number of hydrogen-bond donors (Lipinski definition) is 5. The van der Waals surface area contributed by atoms with E-state index in [0.717, 1.165) is 12.8 Å². The van der Waals surface area contributed by atoms with Crippen molar-refractivity contribution in [3.05, 3.63) is 17.7 Å². The molecular weight excluding hydrogens is 472 g/mol. The van der Waals surface area contributed by atoms with E-state index in [0.29, 0.717) is 24.7 Å². The van der Waals surface area contributed by atoms with E-state index >= 15 is 0 Å². The summed E-state index contributed by atoms with van der Waals surface area (Å²) in [6.07, 6.45) is 0.430. The van der Waals surface area contributed by atoms with Gasteiger partial charge in [-0.15, -0.1) is 5.11 Å². The van der Waals surface area contributed by atoms with Crippen LogP contribution >= 0.6 is 0 Å². The Kier molecular flexibility index (Phi) is 7.83. The van der Waals surface area contributed by atoms with E-state index in [4.69, 9.17) is 16.6 Å². The second-order valence-corrected chi connectivity index (χ2v) is 11.3. The van der Waals surface area contributed by atoms with Crippen LogP contribution in [0.2, 0.25) is 0 Å². The Morgan fingerprint density at radius 2 is 2.00 bits per heavy atom. The van der Waals surface area contributed by atoms with Crippen LogP contribution in [0.15, 0.2) is 37.1 Å². The van der Waals surface area contributed by atoms with Crippen LogP contribution in [0.1, 0.15) is 25.3 Å².